The summed E-state index contributed by atoms with van der Waals surface area (Å²) >= 11 is 1.22. The van der Waals surface area contributed by atoms with E-state index in [9.17, 15) is 4.79 Å². The number of nitrogens with one attached hydrogen (secondary N) is 1. The number of thioether (sulfide) groups is 1. The Morgan fingerprint density at radius 1 is 1.24 bits per heavy atom. The highest BCUT2D eigenvalue weighted by Crippen LogP contribution is 2.26. The predicted octanol–water partition coefficient (Wildman–Crippen LogP) is 3.81. The quantitative estimate of drug-likeness (QED) is 0.678. The molecule has 25 heavy (non-hydrogen) atoms. The van der Waals surface area contributed by atoms with Crippen LogP contribution in [0.1, 0.15) is 19.4 Å². The normalized spacial score (nSPS) is 11.9. The molecule has 7 heteroatoms. The number of hydrogen-bond acceptors (Lipinski definition) is 6. The number of hydrogen-bond donors (Lipinski definition) is 1. The third kappa shape index (κ3) is 4.45. The minimum atomic E-state index is -0.368. The van der Waals surface area contributed by atoms with E-state index in [2.05, 4.69) is 27.4 Å². The topological polar surface area (TPSA) is 80.9 Å². The molecule has 6 nitrogen and oxygen atoms in total. The highest BCUT2D eigenvalue weighted by Gasteiger charge is 2.19. The van der Waals surface area contributed by atoms with Gasteiger partial charge in [0.15, 0.2) is 0 Å². The summed E-state index contributed by atoms with van der Waals surface area (Å²) in [5.41, 5.74) is 2.75. The average molecular weight is 354 g/mol. The molecule has 128 valence electrons. The first-order chi connectivity index (χ1) is 12.2. The first-order valence-corrected chi connectivity index (χ1v) is 8.84. The van der Waals surface area contributed by atoms with Gasteiger partial charge in [0.2, 0.25) is 11.8 Å². The maximum Gasteiger partial charge on any atom is 0.277 e. The van der Waals surface area contributed by atoms with Gasteiger partial charge in [-0.2, -0.15) is 0 Å². The molecule has 0 radical (unpaired) electrons. The maximum absolute atomic E-state index is 12.3. The predicted molar refractivity (Wildman–Crippen MR) is 97.3 cm³/mol. The molecule has 3 rings (SSSR count). The number of carbonyl (C=O) groups is 1. The van der Waals surface area contributed by atoms with E-state index in [-0.39, 0.29) is 11.2 Å². The van der Waals surface area contributed by atoms with Gasteiger partial charge in [0, 0.05) is 18.1 Å². The molecule has 2 aromatic heterocycles. The minimum Gasteiger partial charge on any atom is -0.411 e. The summed E-state index contributed by atoms with van der Waals surface area (Å²) in [5, 5.41) is 10.9. The molecule has 1 aromatic carbocycles. The molecule has 1 atom stereocenters. The lowest BCUT2D eigenvalue weighted by atomic mass is 10.1. The van der Waals surface area contributed by atoms with Crippen LogP contribution in [0.2, 0.25) is 0 Å². The highest BCUT2D eigenvalue weighted by atomic mass is 32.2. The first kappa shape index (κ1) is 17.2. The second-order valence-corrected chi connectivity index (χ2v) is 6.71. The molecule has 0 unspecified atom stereocenters. The molecule has 0 saturated carbocycles. The average Bonchev–Trinajstić information content (AvgIpc) is 3.11. The van der Waals surface area contributed by atoms with Crippen LogP contribution in [-0.2, 0) is 11.2 Å². The standard InChI is InChI=1S/C18H18N4O2S/c1-3-13-6-8-15(9-7-13)20-16(23)12(2)25-18-22-21-17(24-18)14-5-4-10-19-11-14/h4-12H,3H2,1-2H3,(H,20,23)/t12-/m1/s1. The van der Waals surface area contributed by atoms with Crippen LogP contribution in [0.5, 0.6) is 0 Å². The number of aryl methyl sites for hydroxylation is 1. The Kier molecular flexibility index (Phi) is 5.45. The van der Waals surface area contributed by atoms with Crippen molar-refractivity contribution in [2.24, 2.45) is 0 Å². The van der Waals surface area contributed by atoms with Crippen molar-refractivity contribution < 1.29 is 9.21 Å². The van der Waals surface area contributed by atoms with E-state index < -0.39 is 0 Å². The van der Waals surface area contributed by atoms with Gasteiger partial charge >= 0.3 is 0 Å². The van der Waals surface area contributed by atoms with Gasteiger partial charge in [-0.25, -0.2) is 0 Å². The van der Waals surface area contributed by atoms with Gasteiger partial charge < -0.3 is 9.73 Å². The van der Waals surface area contributed by atoms with Crippen LogP contribution >= 0.6 is 11.8 Å². The number of amides is 1. The third-order valence-corrected chi connectivity index (χ3v) is 4.53. The molecular weight excluding hydrogens is 336 g/mol. The summed E-state index contributed by atoms with van der Waals surface area (Å²) in [6.45, 7) is 3.89. The van der Waals surface area contributed by atoms with Crippen molar-refractivity contribution in [2.75, 3.05) is 5.32 Å². The van der Waals surface area contributed by atoms with Crippen molar-refractivity contribution in [1.29, 1.82) is 0 Å². The van der Waals surface area contributed by atoms with Crippen molar-refractivity contribution in [3.8, 4) is 11.5 Å². The van der Waals surface area contributed by atoms with E-state index in [1.807, 2.05) is 30.3 Å². The number of benzene rings is 1. The Hall–Kier alpha value is -2.67. The molecule has 3 aromatic rings. The van der Waals surface area contributed by atoms with Gasteiger partial charge in [-0.05, 0) is 43.2 Å². The van der Waals surface area contributed by atoms with Crippen molar-refractivity contribution in [1.82, 2.24) is 15.2 Å². The van der Waals surface area contributed by atoms with Crippen LogP contribution in [-0.4, -0.2) is 26.3 Å². The second kappa shape index (κ2) is 7.94. The Morgan fingerprint density at radius 2 is 2.04 bits per heavy atom. The van der Waals surface area contributed by atoms with Crippen molar-refractivity contribution in [3.05, 3.63) is 54.4 Å². The van der Waals surface area contributed by atoms with E-state index in [0.29, 0.717) is 11.1 Å². The fourth-order valence-corrected chi connectivity index (χ4v) is 2.82. The molecule has 1 N–H and O–H groups in total. The minimum absolute atomic E-state index is 0.115. The molecule has 0 spiro atoms. The number of aromatic nitrogens is 3. The van der Waals surface area contributed by atoms with Gasteiger partial charge in [0.1, 0.15) is 0 Å². The van der Waals surface area contributed by atoms with E-state index in [1.54, 1.807) is 25.4 Å². The Morgan fingerprint density at radius 3 is 2.72 bits per heavy atom. The molecule has 0 aliphatic carbocycles. The number of carbonyl (C=O) groups excluding carboxylic acids is 1. The van der Waals surface area contributed by atoms with Crippen molar-refractivity contribution in [2.45, 2.75) is 30.7 Å². The molecular formula is C18H18N4O2S. The third-order valence-electron chi connectivity index (χ3n) is 3.59. The number of pyridine rings is 1. The maximum atomic E-state index is 12.3. The number of nitrogens with zero attached hydrogens (tertiary/aromatic N) is 3. The number of anilines is 1. The smallest absolute Gasteiger partial charge is 0.277 e. The zero-order valence-electron chi connectivity index (χ0n) is 14.0. The van der Waals surface area contributed by atoms with Crippen molar-refractivity contribution >= 4 is 23.4 Å². The summed E-state index contributed by atoms with van der Waals surface area (Å²) in [4.78, 5) is 16.3. The number of rotatable bonds is 6. The monoisotopic (exact) mass is 354 g/mol. The fraction of sp³-hybridized carbons (Fsp3) is 0.222. The van der Waals surface area contributed by atoms with Crippen LogP contribution in [0.15, 0.2) is 58.4 Å². The second-order valence-electron chi connectivity index (χ2n) is 5.41. The van der Waals surface area contributed by atoms with Crippen molar-refractivity contribution in [3.63, 3.8) is 0 Å². The fourth-order valence-electron chi connectivity index (χ4n) is 2.14. The van der Waals surface area contributed by atoms with Gasteiger partial charge in [-0.15, -0.1) is 10.2 Å². The zero-order chi connectivity index (χ0) is 17.6. The zero-order valence-corrected chi connectivity index (χ0v) is 14.8. The first-order valence-electron chi connectivity index (χ1n) is 7.96. The lowest BCUT2D eigenvalue weighted by Gasteiger charge is -2.10. The van der Waals surface area contributed by atoms with Gasteiger partial charge in [0.05, 0.1) is 10.8 Å². The lowest BCUT2D eigenvalue weighted by molar-refractivity contribution is -0.115. The van der Waals surface area contributed by atoms with E-state index in [0.717, 1.165) is 17.7 Å². The molecule has 0 saturated heterocycles. The van der Waals surface area contributed by atoms with Gasteiger partial charge in [0.25, 0.3) is 5.22 Å². The molecule has 2 heterocycles. The molecule has 0 aliphatic heterocycles. The van der Waals surface area contributed by atoms with E-state index in [1.165, 1.54) is 17.3 Å². The Labute approximate surface area is 150 Å². The van der Waals surface area contributed by atoms with Gasteiger partial charge in [-0.3, -0.25) is 9.78 Å². The van der Waals surface area contributed by atoms with E-state index in [4.69, 9.17) is 4.42 Å². The lowest BCUT2D eigenvalue weighted by Crippen LogP contribution is -2.22. The van der Waals surface area contributed by atoms with Crippen LogP contribution in [0.4, 0.5) is 5.69 Å². The highest BCUT2D eigenvalue weighted by molar-refractivity contribution is 8.00. The molecule has 0 aliphatic rings. The van der Waals surface area contributed by atoms with Crippen LogP contribution in [0, 0.1) is 0 Å². The SMILES string of the molecule is CCc1ccc(NC(=O)[C@@H](C)Sc2nnc(-c3cccnc3)o2)cc1. The largest absolute Gasteiger partial charge is 0.411 e. The summed E-state index contributed by atoms with van der Waals surface area (Å²) in [6, 6.07) is 11.5. The Balaban J connectivity index is 1.60. The van der Waals surface area contributed by atoms with Gasteiger partial charge in [-0.1, -0.05) is 30.8 Å². The summed E-state index contributed by atoms with van der Waals surface area (Å²) in [5.74, 6) is 0.272. The molecule has 1 amide bonds. The van der Waals surface area contributed by atoms with Crippen LogP contribution in [0.3, 0.4) is 0 Å². The molecule has 0 bridgehead atoms. The summed E-state index contributed by atoms with van der Waals surface area (Å²) in [6.07, 6.45) is 4.30. The van der Waals surface area contributed by atoms with E-state index >= 15 is 0 Å². The van der Waals surface area contributed by atoms with Crippen LogP contribution in [0.25, 0.3) is 11.5 Å². The summed E-state index contributed by atoms with van der Waals surface area (Å²) in [7, 11) is 0. The Bertz CT molecular complexity index is 834. The molecule has 0 fully saturated rings. The summed E-state index contributed by atoms with van der Waals surface area (Å²) < 4.78 is 5.59. The van der Waals surface area contributed by atoms with Crippen LogP contribution < -0.4 is 5.32 Å².